The maximum Gasteiger partial charge on any atom is 0.217 e. The van der Waals surface area contributed by atoms with Gasteiger partial charge < -0.3 is 30.5 Å². The lowest BCUT2D eigenvalue weighted by Gasteiger charge is -2.40. The molecule has 15 heavy (non-hydrogen) atoms. The number of aliphatic hydroxyl groups excluding tert-OH is 4. The highest BCUT2D eigenvalue weighted by atomic mass is 16.6. The third-order valence-corrected chi connectivity index (χ3v) is 2.27. The van der Waals surface area contributed by atoms with Crippen molar-refractivity contribution in [2.24, 2.45) is 0 Å². The van der Waals surface area contributed by atoms with Gasteiger partial charge in [-0.1, -0.05) is 0 Å². The summed E-state index contributed by atoms with van der Waals surface area (Å²) in [6.07, 6.45) is -5.24. The summed E-state index contributed by atoms with van der Waals surface area (Å²) in [5, 5.41) is 39.4. The molecule has 88 valence electrons. The molecule has 1 heterocycles. The fourth-order valence-electron chi connectivity index (χ4n) is 1.49. The molecule has 1 fully saturated rings. The Labute approximate surface area is 86.3 Å². The van der Waals surface area contributed by atoms with Gasteiger partial charge >= 0.3 is 0 Å². The van der Waals surface area contributed by atoms with Crippen LogP contribution in [0.1, 0.15) is 6.92 Å². The molecular formula is C8H15NO6. The van der Waals surface area contributed by atoms with E-state index in [1.165, 1.54) is 6.92 Å². The Morgan fingerprint density at radius 3 is 2.40 bits per heavy atom. The average molecular weight is 221 g/mol. The van der Waals surface area contributed by atoms with Crippen LogP contribution in [0.15, 0.2) is 0 Å². The molecule has 1 aliphatic rings. The van der Waals surface area contributed by atoms with E-state index in [9.17, 15) is 20.1 Å². The van der Waals surface area contributed by atoms with Crippen LogP contribution in [0.2, 0.25) is 0 Å². The standard InChI is InChI=1S/C8H15NO6/c1-3(11)9-5-7(13)6(12)4(2-10)15-8(5)14/h4-8,10,12-14H,2H2,1H3,(H,9,11)/t4?,5?,6-,7?,8+/m0/s1. The van der Waals surface area contributed by atoms with E-state index in [1.54, 1.807) is 0 Å². The van der Waals surface area contributed by atoms with Crippen LogP contribution in [0.3, 0.4) is 0 Å². The second-order valence-corrected chi connectivity index (χ2v) is 3.46. The minimum atomic E-state index is -1.45. The third-order valence-electron chi connectivity index (χ3n) is 2.27. The van der Waals surface area contributed by atoms with Crippen molar-refractivity contribution >= 4 is 5.91 Å². The molecule has 0 saturated carbocycles. The van der Waals surface area contributed by atoms with Gasteiger partial charge in [-0.3, -0.25) is 4.79 Å². The van der Waals surface area contributed by atoms with E-state index >= 15 is 0 Å². The molecule has 7 heteroatoms. The topological polar surface area (TPSA) is 119 Å². The molecule has 1 saturated heterocycles. The monoisotopic (exact) mass is 221 g/mol. The molecule has 0 aromatic rings. The molecule has 0 aromatic heterocycles. The normalized spacial score (nSPS) is 41.3. The summed E-state index contributed by atoms with van der Waals surface area (Å²) in [7, 11) is 0. The van der Waals surface area contributed by atoms with Gasteiger partial charge in [0.1, 0.15) is 24.4 Å². The number of aliphatic hydroxyl groups is 4. The van der Waals surface area contributed by atoms with Crippen LogP contribution in [0, 0.1) is 0 Å². The Hall–Kier alpha value is -0.730. The van der Waals surface area contributed by atoms with Crippen molar-refractivity contribution in [3.8, 4) is 0 Å². The summed E-state index contributed by atoms with van der Waals surface area (Å²) in [4.78, 5) is 10.7. The van der Waals surface area contributed by atoms with Crippen LogP contribution in [0.4, 0.5) is 0 Å². The van der Waals surface area contributed by atoms with E-state index in [0.717, 1.165) is 0 Å². The molecule has 7 nitrogen and oxygen atoms in total. The van der Waals surface area contributed by atoms with Gasteiger partial charge in [0.05, 0.1) is 6.61 Å². The zero-order valence-corrected chi connectivity index (χ0v) is 8.20. The number of hydrogen-bond donors (Lipinski definition) is 5. The van der Waals surface area contributed by atoms with Gasteiger partial charge in [0, 0.05) is 6.92 Å². The molecule has 0 radical (unpaired) electrons. The van der Waals surface area contributed by atoms with Crippen molar-refractivity contribution in [3.05, 3.63) is 0 Å². The Balaban J connectivity index is 2.70. The summed E-state index contributed by atoms with van der Waals surface area (Å²) in [5.41, 5.74) is 0. The van der Waals surface area contributed by atoms with Gasteiger partial charge in [0.15, 0.2) is 6.29 Å². The third kappa shape index (κ3) is 2.64. The van der Waals surface area contributed by atoms with E-state index in [-0.39, 0.29) is 0 Å². The SMILES string of the molecule is CC(=O)NC1C(O)[C@@H](O)C(CO)O[C@H]1O. The first kappa shape index (κ1) is 12.3. The molecule has 0 spiro atoms. The van der Waals surface area contributed by atoms with Crippen molar-refractivity contribution in [1.82, 2.24) is 5.32 Å². The predicted molar refractivity (Wildman–Crippen MR) is 47.6 cm³/mol. The number of hydrogen-bond acceptors (Lipinski definition) is 6. The summed E-state index contributed by atoms with van der Waals surface area (Å²) >= 11 is 0. The quantitative estimate of drug-likeness (QED) is 0.337. The first-order valence-electron chi connectivity index (χ1n) is 4.55. The number of carbonyl (C=O) groups is 1. The van der Waals surface area contributed by atoms with Crippen molar-refractivity contribution in [1.29, 1.82) is 0 Å². The molecular weight excluding hydrogens is 206 g/mol. The lowest BCUT2D eigenvalue weighted by atomic mass is 9.97. The summed E-state index contributed by atoms with van der Waals surface area (Å²) < 4.78 is 4.81. The van der Waals surface area contributed by atoms with Gasteiger partial charge in [-0.15, -0.1) is 0 Å². The highest BCUT2D eigenvalue weighted by molar-refractivity contribution is 5.73. The fourth-order valence-corrected chi connectivity index (χ4v) is 1.49. The smallest absolute Gasteiger partial charge is 0.217 e. The molecule has 0 bridgehead atoms. The minimum absolute atomic E-state index is 0.462. The van der Waals surface area contributed by atoms with Gasteiger partial charge in [-0.25, -0.2) is 0 Å². The van der Waals surface area contributed by atoms with E-state index in [4.69, 9.17) is 9.84 Å². The summed E-state index contributed by atoms with van der Waals surface area (Å²) in [6.45, 7) is 0.687. The van der Waals surface area contributed by atoms with Crippen LogP contribution in [0.25, 0.3) is 0 Å². The Morgan fingerprint density at radius 1 is 1.33 bits per heavy atom. The van der Waals surface area contributed by atoms with Gasteiger partial charge in [-0.05, 0) is 0 Å². The van der Waals surface area contributed by atoms with Gasteiger partial charge in [0.2, 0.25) is 5.91 Å². The van der Waals surface area contributed by atoms with E-state index < -0.39 is 43.2 Å². The Bertz CT molecular complexity index is 235. The second-order valence-electron chi connectivity index (χ2n) is 3.46. The number of amides is 1. The van der Waals surface area contributed by atoms with E-state index in [1.807, 2.05) is 0 Å². The molecule has 3 unspecified atom stereocenters. The van der Waals surface area contributed by atoms with Crippen LogP contribution < -0.4 is 5.32 Å². The van der Waals surface area contributed by atoms with E-state index in [2.05, 4.69) is 5.32 Å². The predicted octanol–water partition coefficient (Wildman–Crippen LogP) is -3.08. The number of nitrogens with one attached hydrogen (secondary N) is 1. The van der Waals surface area contributed by atoms with Crippen LogP contribution in [-0.4, -0.2) is 63.6 Å². The maximum atomic E-state index is 10.7. The molecule has 1 aliphatic heterocycles. The van der Waals surface area contributed by atoms with Crippen LogP contribution in [-0.2, 0) is 9.53 Å². The Kier molecular flexibility index (Phi) is 4.00. The minimum Gasteiger partial charge on any atom is -0.394 e. The second kappa shape index (κ2) is 4.86. The molecule has 5 atom stereocenters. The van der Waals surface area contributed by atoms with Crippen LogP contribution >= 0.6 is 0 Å². The van der Waals surface area contributed by atoms with Gasteiger partial charge in [0.25, 0.3) is 0 Å². The first-order chi connectivity index (χ1) is 6.97. The maximum absolute atomic E-state index is 10.7. The highest BCUT2D eigenvalue weighted by Crippen LogP contribution is 2.19. The summed E-state index contributed by atoms with van der Waals surface area (Å²) in [5.74, 6) is -0.462. The first-order valence-corrected chi connectivity index (χ1v) is 4.55. The average Bonchev–Trinajstić information content (AvgIpc) is 2.18. The van der Waals surface area contributed by atoms with Gasteiger partial charge in [-0.2, -0.15) is 0 Å². The zero-order valence-electron chi connectivity index (χ0n) is 8.20. The Morgan fingerprint density at radius 2 is 1.93 bits per heavy atom. The number of ether oxygens (including phenoxy) is 1. The highest BCUT2D eigenvalue weighted by Gasteiger charge is 2.43. The number of carbonyl (C=O) groups excluding carboxylic acids is 1. The molecule has 5 N–H and O–H groups in total. The largest absolute Gasteiger partial charge is 0.394 e. The molecule has 1 rings (SSSR count). The molecule has 0 aromatic carbocycles. The lowest BCUT2D eigenvalue weighted by molar-refractivity contribution is -0.253. The zero-order chi connectivity index (χ0) is 11.6. The fraction of sp³-hybridized carbons (Fsp3) is 0.875. The van der Waals surface area contributed by atoms with Crippen molar-refractivity contribution in [2.75, 3.05) is 6.61 Å². The van der Waals surface area contributed by atoms with Crippen molar-refractivity contribution < 1.29 is 30.0 Å². The lowest BCUT2D eigenvalue weighted by Crippen LogP contribution is -2.63. The molecule has 0 aliphatic carbocycles. The number of rotatable bonds is 2. The van der Waals surface area contributed by atoms with Crippen molar-refractivity contribution in [3.63, 3.8) is 0 Å². The molecule has 1 amide bonds. The summed E-state index contributed by atoms with van der Waals surface area (Å²) in [6, 6.07) is -1.10. The van der Waals surface area contributed by atoms with Crippen LogP contribution in [0.5, 0.6) is 0 Å². The van der Waals surface area contributed by atoms with Crippen molar-refractivity contribution in [2.45, 2.75) is 37.6 Å². The van der Waals surface area contributed by atoms with E-state index in [0.29, 0.717) is 0 Å².